The first-order valence-electron chi connectivity index (χ1n) is 6.30. The Morgan fingerprint density at radius 1 is 1.26 bits per heavy atom. The fourth-order valence-corrected chi connectivity index (χ4v) is 2.64. The maximum Gasteiger partial charge on any atom is 0.216 e. The number of rotatable bonds is 5. The Morgan fingerprint density at radius 3 is 2.84 bits per heavy atom. The van der Waals surface area contributed by atoms with E-state index in [2.05, 4.69) is 46.4 Å². The van der Waals surface area contributed by atoms with Crippen LogP contribution < -0.4 is 10.0 Å². The molecule has 0 bridgehead atoms. The summed E-state index contributed by atoms with van der Waals surface area (Å²) in [5.74, 6) is 0.0201. The van der Waals surface area contributed by atoms with Crippen LogP contribution >= 0.6 is 11.9 Å². The van der Waals surface area contributed by atoms with Gasteiger partial charge in [0.1, 0.15) is 0 Å². The molecule has 0 aliphatic heterocycles. The average Bonchev–Trinajstić information content (AvgIpc) is 2.39. The molecule has 1 amide bonds. The molecule has 0 atom stereocenters. The number of hydrogen-bond donors (Lipinski definition) is 2. The predicted octanol–water partition coefficient (Wildman–Crippen LogP) is 2.74. The van der Waals surface area contributed by atoms with Crippen molar-refractivity contribution < 1.29 is 4.79 Å². The number of nitrogens with one attached hydrogen (secondary N) is 2. The molecule has 0 fully saturated rings. The van der Waals surface area contributed by atoms with Crippen molar-refractivity contribution in [3.63, 3.8) is 0 Å². The van der Waals surface area contributed by atoms with Gasteiger partial charge in [0, 0.05) is 18.4 Å². The Morgan fingerprint density at radius 2 is 2.11 bits per heavy atom. The Bertz CT molecular complexity index is 583. The molecular formula is C15H18N2OS. The highest BCUT2D eigenvalue weighted by Crippen LogP contribution is 2.24. The SMILES string of the molecule is CNSc1ccc2cccc(CCNC(C)=O)c2c1. The Kier molecular flexibility index (Phi) is 4.82. The van der Waals surface area contributed by atoms with E-state index in [9.17, 15) is 4.79 Å². The third kappa shape index (κ3) is 3.72. The summed E-state index contributed by atoms with van der Waals surface area (Å²) in [7, 11) is 1.91. The van der Waals surface area contributed by atoms with E-state index in [-0.39, 0.29) is 5.91 Å². The second kappa shape index (κ2) is 6.59. The molecule has 0 radical (unpaired) electrons. The molecule has 3 nitrogen and oxygen atoms in total. The van der Waals surface area contributed by atoms with Crippen molar-refractivity contribution in [1.82, 2.24) is 10.0 Å². The Balaban J connectivity index is 2.26. The molecule has 2 rings (SSSR count). The van der Waals surface area contributed by atoms with Crippen molar-refractivity contribution in [2.45, 2.75) is 18.2 Å². The van der Waals surface area contributed by atoms with Crippen molar-refractivity contribution in [1.29, 1.82) is 0 Å². The maximum atomic E-state index is 10.9. The third-order valence-electron chi connectivity index (χ3n) is 2.93. The fourth-order valence-electron chi connectivity index (χ4n) is 2.09. The average molecular weight is 274 g/mol. The van der Waals surface area contributed by atoms with Crippen LogP contribution in [0.5, 0.6) is 0 Å². The summed E-state index contributed by atoms with van der Waals surface area (Å²) in [5, 5.41) is 5.34. The number of fused-ring (bicyclic) bond motifs is 1. The summed E-state index contributed by atoms with van der Waals surface area (Å²) in [6.45, 7) is 2.22. The Hall–Kier alpha value is -1.52. The molecule has 0 spiro atoms. The highest BCUT2D eigenvalue weighted by atomic mass is 32.2. The lowest BCUT2D eigenvalue weighted by molar-refractivity contribution is -0.118. The molecule has 0 saturated heterocycles. The van der Waals surface area contributed by atoms with E-state index in [4.69, 9.17) is 0 Å². The summed E-state index contributed by atoms with van der Waals surface area (Å²) >= 11 is 1.61. The zero-order valence-electron chi connectivity index (χ0n) is 11.2. The smallest absolute Gasteiger partial charge is 0.216 e. The minimum atomic E-state index is 0.0201. The summed E-state index contributed by atoms with van der Waals surface area (Å²) in [6.07, 6.45) is 0.852. The third-order valence-corrected chi connectivity index (χ3v) is 3.63. The molecule has 100 valence electrons. The van der Waals surface area contributed by atoms with E-state index >= 15 is 0 Å². The molecule has 0 aliphatic carbocycles. The second-order valence-corrected chi connectivity index (χ2v) is 5.42. The number of amides is 1. The van der Waals surface area contributed by atoms with Gasteiger partial charge in [0.2, 0.25) is 5.91 Å². The number of carbonyl (C=O) groups is 1. The zero-order chi connectivity index (χ0) is 13.7. The minimum Gasteiger partial charge on any atom is -0.356 e. The first-order valence-corrected chi connectivity index (χ1v) is 7.12. The van der Waals surface area contributed by atoms with E-state index < -0.39 is 0 Å². The van der Waals surface area contributed by atoms with Crippen molar-refractivity contribution in [2.75, 3.05) is 13.6 Å². The lowest BCUT2D eigenvalue weighted by Crippen LogP contribution is -2.22. The molecule has 19 heavy (non-hydrogen) atoms. The molecule has 0 unspecified atom stereocenters. The molecule has 4 heteroatoms. The molecular weight excluding hydrogens is 256 g/mol. The van der Waals surface area contributed by atoms with E-state index in [1.165, 1.54) is 21.2 Å². The summed E-state index contributed by atoms with van der Waals surface area (Å²) in [6, 6.07) is 12.7. The van der Waals surface area contributed by atoms with Gasteiger partial charge in [-0.3, -0.25) is 9.52 Å². The minimum absolute atomic E-state index is 0.0201. The van der Waals surface area contributed by atoms with Crippen molar-refractivity contribution in [2.24, 2.45) is 0 Å². The van der Waals surface area contributed by atoms with Crippen LogP contribution in [-0.4, -0.2) is 19.5 Å². The van der Waals surface area contributed by atoms with Crippen molar-refractivity contribution in [3.05, 3.63) is 42.0 Å². The van der Waals surface area contributed by atoms with Crippen LogP contribution in [0.4, 0.5) is 0 Å². The summed E-state index contributed by atoms with van der Waals surface area (Å²) < 4.78 is 3.09. The molecule has 0 aliphatic rings. The largest absolute Gasteiger partial charge is 0.356 e. The van der Waals surface area contributed by atoms with Gasteiger partial charge in [-0.15, -0.1) is 0 Å². The monoisotopic (exact) mass is 274 g/mol. The van der Waals surface area contributed by atoms with Gasteiger partial charge in [0.25, 0.3) is 0 Å². The van der Waals surface area contributed by atoms with Gasteiger partial charge in [0.15, 0.2) is 0 Å². The first-order chi connectivity index (χ1) is 9.20. The predicted molar refractivity (Wildman–Crippen MR) is 81.3 cm³/mol. The topological polar surface area (TPSA) is 41.1 Å². The summed E-state index contributed by atoms with van der Waals surface area (Å²) in [4.78, 5) is 12.1. The quantitative estimate of drug-likeness (QED) is 0.824. The van der Waals surface area contributed by atoms with Crippen LogP contribution in [0.25, 0.3) is 10.8 Å². The normalized spacial score (nSPS) is 10.6. The van der Waals surface area contributed by atoms with Crippen LogP contribution in [0.3, 0.4) is 0 Å². The van der Waals surface area contributed by atoms with Gasteiger partial charge in [-0.05, 0) is 53.9 Å². The van der Waals surface area contributed by atoms with Crippen LogP contribution in [0.15, 0.2) is 41.3 Å². The van der Waals surface area contributed by atoms with Crippen LogP contribution in [-0.2, 0) is 11.2 Å². The molecule has 2 aromatic carbocycles. The number of hydrogen-bond acceptors (Lipinski definition) is 3. The van der Waals surface area contributed by atoms with Crippen LogP contribution in [0.2, 0.25) is 0 Å². The highest BCUT2D eigenvalue weighted by Gasteiger charge is 2.03. The van der Waals surface area contributed by atoms with Gasteiger partial charge in [0.05, 0.1) is 0 Å². The molecule has 0 aromatic heterocycles. The Labute approximate surface area is 117 Å². The van der Waals surface area contributed by atoms with Crippen molar-refractivity contribution in [3.8, 4) is 0 Å². The molecule has 2 aromatic rings. The van der Waals surface area contributed by atoms with Gasteiger partial charge in [-0.2, -0.15) is 0 Å². The fraction of sp³-hybridized carbons (Fsp3) is 0.267. The van der Waals surface area contributed by atoms with Crippen LogP contribution in [0, 0.1) is 0 Å². The van der Waals surface area contributed by atoms with E-state index in [0.29, 0.717) is 6.54 Å². The van der Waals surface area contributed by atoms with E-state index in [1.807, 2.05) is 7.05 Å². The first kappa shape index (κ1) is 13.9. The summed E-state index contributed by atoms with van der Waals surface area (Å²) in [5.41, 5.74) is 1.27. The maximum absolute atomic E-state index is 10.9. The van der Waals surface area contributed by atoms with E-state index in [0.717, 1.165) is 6.42 Å². The van der Waals surface area contributed by atoms with Crippen LogP contribution in [0.1, 0.15) is 12.5 Å². The molecule has 0 heterocycles. The lowest BCUT2D eigenvalue weighted by atomic mass is 10.0. The zero-order valence-corrected chi connectivity index (χ0v) is 12.0. The standard InChI is InChI=1S/C15H18N2OS/c1-11(18)17-9-8-13-5-3-4-12-6-7-14(19-16-2)10-15(12)13/h3-7,10,16H,8-9H2,1-2H3,(H,17,18). The second-order valence-electron chi connectivity index (χ2n) is 4.34. The molecule has 2 N–H and O–H groups in total. The van der Waals surface area contributed by atoms with Crippen molar-refractivity contribution >= 4 is 28.6 Å². The number of carbonyl (C=O) groups excluding carboxylic acids is 1. The van der Waals surface area contributed by atoms with Gasteiger partial charge in [-0.1, -0.05) is 24.3 Å². The highest BCUT2D eigenvalue weighted by molar-refractivity contribution is 7.97. The van der Waals surface area contributed by atoms with Gasteiger partial charge in [-0.25, -0.2) is 0 Å². The van der Waals surface area contributed by atoms with E-state index in [1.54, 1.807) is 18.9 Å². The number of benzene rings is 2. The van der Waals surface area contributed by atoms with Gasteiger partial charge < -0.3 is 5.32 Å². The molecule has 0 saturated carbocycles. The lowest BCUT2D eigenvalue weighted by Gasteiger charge is -2.09. The van der Waals surface area contributed by atoms with Gasteiger partial charge >= 0.3 is 0 Å².